The van der Waals surface area contributed by atoms with Crippen molar-refractivity contribution in [3.63, 3.8) is 0 Å². The second-order valence-corrected chi connectivity index (χ2v) is 4.17. The number of hydrogen-bond donors (Lipinski definition) is 1. The van der Waals surface area contributed by atoms with Gasteiger partial charge in [0.25, 0.3) is 0 Å². The van der Waals surface area contributed by atoms with Crippen LogP contribution in [-0.4, -0.2) is 38.6 Å². The Morgan fingerprint density at radius 1 is 1.11 bits per heavy atom. The van der Waals surface area contributed by atoms with Gasteiger partial charge in [-0.05, 0) is 39.2 Å². The van der Waals surface area contributed by atoms with Gasteiger partial charge in [0.05, 0.1) is 0 Å². The highest BCUT2D eigenvalue weighted by atomic mass is 35.5. The maximum atomic E-state index is 3.40. The summed E-state index contributed by atoms with van der Waals surface area (Å²) in [4.78, 5) is 2.21. The van der Waals surface area contributed by atoms with Crippen LogP contribution in [0, 0.1) is 0 Å². The molecule has 0 saturated heterocycles. The molecule has 0 bridgehead atoms. The second kappa shape index (κ2) is 12.9. The summed E-state index contributed by atoms with van der Waals surface area (Å²) in [6, 6.07) is 10.4. The van der Waals surface area contributed by atoms with Crippen molar-refractivity contribution in [3.05, 3.63) is 42.0 Å². The minimum Gasteiger partial charge on any atom is -0.313 e. The van der Waals surface area contributed by atoms with Gasteiger partial charge in [-0.15, -0.1) is 24.8 Å². The van der Waals surface area contributed by atoms with Crippen LogP contribution in [0.2, 0.25) is 0 Å². The molecule has 1 aromatic carbocycles. The third-order valence-corrected chi connectivity index (χ3v) is 2.33. The van der Waals surface area contributed by atoms with Gasteiger partial charge in [0.2, 0.25) is 0 Å². The zero-order valence-electron chi connectivity index (χ0n) is 11.1. The molecular weight excluding hydrogens is 267 g/mol. The van der Waals surface area contributed by atoms with Crippen LogP contribution in [0.5, 0.6) is 0 Å². The number of nitrogens with one attached hydrogen (secondary N) is 1. The molecule has 1 aromatic rings. The van der Waals surface area contributed by atoms with Crippen molar-refractivity contribution in [1.29, 1.82) is 0 Å². The van der Waals surface area contributed by atoms with Gasteiger partial charge >= 0.3 is 0 Å². The summed E-state index contributed by atoms with van der Waals surface area (Å²) in [7, 11) is 4.21. The molecule has 0 atom stereocenters. The van der Waals surface area contributed by atoms with E-state index < -0.39 is 0 Å². The maximum absolute atomic E-state index is 3.40. The van der Waals surface area contributed by atoms with Crippen LogP contribution >= 0.6 is 24.8 Å². The van der Waals surface area contributed by atoms with Gasteiger partial charge < -0.3 is 10.2 Å². The van der Waals surface area contributed by atoms with Gasteiger partial charge in [-0.1, -0.05) is 42.5 Å². The molecule has 0 fully saturated rings. The Labute approximate surface area is 123 Å². The van der Waals surface area contributed by atoms with Crippen LogP contribution < -0.4 is 5.32 Å². The van der Waals surface area contributed by atoms with Crippen LogP contribution in [-0.2, 0) is 0 Å². The lowest BCUT2D eigenvalue weighted by Gasteiger charge is -2.08. The van der Waals surface area contributed by atoms with Crippen molar-refractivity contribution >= 4 is 30.9 Å². The number of nitrogens with zero attached hydrogens (tertiary/aromatic N) is 1. The van der Waals surface area contributed by atoms with Crippen molar-refractivity contribution in [3.8, 4) is 0 Å². The van der Waals surface area contributed by atoms with Gasteiger partial charge in [-0.3, -0.25) is 0 Å². The highest BCUT2D eigenvalue weighted by molar-refractivity contribution is 5.85. The van der Waals surface area contributed by atoms with E-state index in [4.69, 9.17) is 0 Å². The summed E-state index contributed by atoms with van der Waals surface area (Å²) >= 11 is 0. The van der Waals surface area contributed by atoms with Gasteiger partial charge in [0, 0.05) is 6.54 Å². The molecule has 0 aliphatic rings. The molecule has 0 saturated carbocycles. The molecule has 0 amide bonds. The molecule has 0 spiro atoms. The molecule has 18 heavy (non-hydrogen) atoms. The monoisotopic (exact) mass is 290 g/mol. The van der Waals surface area contributed by atoms with E-state index in [1.165, 1.54) is 12.0 Å². The molecule has 0 aliphatic carbocycles. The van der Waals surface area contributed by atoms with Crippen molar-refractivity contribution < 1.29 is 0 Å². The van der Waals surface area contributed by atoms with E-state index in [1.54, 1.807) is 0 Å². The standard InChI is InChI=1S/C14H22N2.2ClH/c1-16(2)13-7-12-15-11-6-10-14-8-4-3-5-9-14;;/h3-6,8-10,15H,7,11-13H2,1-2H3;2*1H/b10-6+;;. The van der Waals surface area contributed by atoms with Crippen LogP contribution in [0.1, 0.15) is 12.0 Å². The van der Waals surface area contributed by atoms with Crippen LogP contribution in [0.4, 0.5) is 0 Å². The Balaban J connectivity index is 0. The van der Waals surface area contributed by atoms with E-state index in [-0.39, 0.29) is 24.8 Å². The molecule has 0 radical (unpaired) electrons. The summed E-state index contributed by atoms with van der Waals surface area (Å²) < 4.78 is 0. The summed E-state index contributed by atoms with van der Waals surface area (Å²) in [5, 5.41) is 3.40. The SMILES string of the molecule is CN(C)CCCNC/C=C/c1ccccc1.Cl.Cl. The summed E-state index contributed by atoms with van der Waals surface area (Å²) in [5.74, 6) is 0. The van der Waals surface area contributed by atoms with Crippen molar-refractivity contribution in [2.75, 3.05) is 33.7 Å². The van der Waals surface area contributed by atoms with E-state index in [2.05, 4.69) is 60.7 Å². The molecule has 0 aromatic heterocycles. The Hall–Kier alpha value is -0.540. The molecule has 4 heteroatoms. The highest BCUT2D eigenvalue weighted by Crippen LogP contribution is 1.99. The minimum atomic E-state index is 0. The summed E-state index contributed by atoms with van der Waals surface area (Å²) in [6.45, 7) is 3.18. The third-order valence-electron chi connectivity index (χ3n) is 2.33. The molecule has 2 nitrogen and oxygen atoms in total. The first kappa shape index (κ1) is 19.8. The first-order valence-electron chi connectivity index (χ1n) is 5.86. The topological polar surface area (TPSA) is 15.3 Å². The molecule has 104 valence electrons. The Kier molecular flexibility index (Phi) is 14.2. The van der Waals surface area contributed by atoms with E-state index in [9.17, 15) is 0 Å². The third kappa shape index (κ3) is 10.6. The lowest BCUT2D eigenvalue weighted by atomic mass is 10.2. The van der Waals surface area contributed by atoms with Crippen molar-refractivity contribution in [2.45, 2.75) is 6.42 Å². The Morgan fingerprint density at radius 2 is 1.78 bits per heavy atom. The lowest BCUT2D eigenvalue weighted by molar-refractivity contribution is 0.396. The zero-order valence-corrected chi connectivity index (χ0v) is 12.8. The average molecular weight is 291 g/mol. The van der Waals surface area contributed by atoms with Gasteiger partial charge in [-0.25, -0.2) is 0 Å². The summed E-state index contributed by atoms with van der Waals surface area (Å²) in [5.41, 5.74) is 1.26. The minimum absolute atomic E-state index is 0. The molecular formula is C14H24Cl2N2. The van der Waals surface area contributed by atoms with E-state index >= 15 is 0 Å². The predicted octanol–water partition coefficient (Wildman–Crippen LogP) is 3.08. The lowest BCUT2D eigenvalue weighted by Crippen LogP contribution is -2.21. The Morgan fingerprint density at radius 3 is 2.39 bits per heavy atom. The first-order valence-corrected chi connectivity index (χ1v) is 5.86. The average Bonchev–Trinajstić information content (AvgIpc) is 2.29. The fourth-order valence-corrected chi connectivity index (χ4v) is 1.46. The van der Waals surface area contributed by atoms with Gasteiger partial charge in [0.1, 0.15) is 0 Å². The fraction of sp³-hybridized carbons (Fsp3) is 0.429. The fourth-order valence-electron chi connectivity index (χ4n) is 1.46. The second-order valence-electron chi connectivity index (χ2n) is 4.17. The predicted molar refractivity (Wildman–Crippen MR) is 86.0 cm³/mol. The molecule has 0 unspecified atom stereocenters. The molecule has 1 rings (SSSR count). The first-order chi connectivity index (χ1) is 7.79. The largest absolute Gasteiger partial charge is 0.313 e. The highest BCUT2D eigenvalue weighted by Gasteiger charge is 1.89. The number of halogens is 2. The normalized spacial score (nSPS) is 10.2. The van der Waals surface area contributed by atoms with Crippen LogP contribution in [0.25, 0.3) is 6.08 Å². The van der Waals surface area contributed by atoms with Gasteiger partial charge in [-0.2, -0.15) is 0 Å². The smallest absolute Gasteiger partial charge is 0.0138 e. The van der Waals surface area contributed by atoms with E-state index in [1.807, 2.05) is 6.07 Å². The quantitative estimate of drug-likeness (QED) is 0.777. The van der Waals surface area contributed by atoms with Crippen LogP contribution in [0.15, 0.2) is 36.4 Å². The molecule has 0 aliphatic heterocycles. The zero-order chi connectivity index (χ0) is 11.6. The summed E-state index contributed by atoms with van der Waals surface area (Å²) in [6.07, 6.45) is 5.52. The maximum Gasteiger partial charge on any atom is 0.0138 e. The van der Waals surface area contributed by atoms with Crippen molar-refractivity contribution in [1.82, 2.24) is 10.2 Å². The molecule has 0 heterocycles. The van der Waals surface area contributed by atoms with E-state index in [0.717, 1.165) is 19.6 Å². The number of hydrogen-bond acceptors (Lipinski definition) is 2. The molecule has 1 N–H and O–H groups in total. The van der Waals surface area contributed by atoms with Gasteiger partial charge in [0.15, 0.2) is 0 Å². The van der Waals surface area contributed by atoms with Crippen molar-refractivity contribution in [2.24, 2.45) is 0 Å². The number of benzene rings is 1. The van der Waals surface area contributed by atoms with Crippen LogP contribution in [0.3, 0.4) is 0 Å². The number of rotatable bonds is 7. The Bertz CT molecular complexity index is 300. The van der Waals surface area contributed by atoms with E-state index in [0.29, 0.717) is 0 Å².